The van der Waals surface area contributed by atoms with E-state index in [0.29, 0.717) is 0 Å². The van der Waals surface area contributed by atoms with Gasteiger partial charge < -0.3 is 0 Å². The number of benzene rings is 1. The van der Waals surface area contributed by atoms with E-state index in [9.17, 15) is 5.26 Å². The van der Waals surface area contributed by atoms with Gasteiger partial charge in [0.05, 0.1) is 6.07 Å². The van der Waals surface area contributed by atoms with Crippen LogP contribution < -0.4 is 5.32 Å². The van der Waals surface area contributed by atoms with Crippen LogP contribution in [-0.2, 0) is 5.54 Å². The fraction of sp³-hybridized carbons (Fsp3) is 0.588. The molecule has 0 amide bonds. The van der Waals surface area contributed by atoms with Crippen LogP contribution in [0.5, 0.6) is 0 Å². The van der Waals surface area contributed by atoms with Crippen molar-refractivity contribution < 1.29 is 0 Å². The van der Waals surface area contributed by atoms with Crippen LogP contribution in [0.4, 0.5) is 0 Å². The van der Waals surface area contributed by atoms with E-state index in [2.05, 4.69) is 49.2 Å². The van der Waals surface area contributed by atoms with Crippen LogP contribution in [0.25, 0.3) is 0 Å². The van der Waals surface area contributed by atoms with Crippen molar-refractivity contribution in [3.63, 3.8) is 0 Å². The van der Waals surface area contributed by atoms with Crippen LogP contribution in [0, 0.1) is 11.3 Å². The summed E-state index contributed by atoms with van der Waals surface area (Å²) in [6.07, 6.45) is 2.42. The smallest absolute Gasteiger partial charge is 0.145 e. The summed E-state index contributed by atoms with van der Waals surface area (Å²) in [7, 11) is 0. The Hall–Kier alpha value is -1.37. The third-order valence-corrected chi connectivity index (χ3v) is 4.44. The molecule has 3 nitrogen and oxygen atoms in total. The van der Waals surface area contributed by atoms with Crippen LogP contribution in [0.3, 0.4) is 0 Å². The van der Waals surface area contributed by atoms with E-state index in [1.807, 2.05) is 18.2 Å². The van der Waals surface area contributed by atoms with Crippen molar-refractivity contribution in [2.24, 2.45) is 0 Å². The first-order valence-electron chi connectivity index (χ1n) is 7.51. The van der Waals surface area contributed by atoms with Crippen molar-refractivity contribution in [1.29, 1.82) is 5.26 Å². The molecule has 1 heterocycles. The number of hydrogen-bond acceptors (Lipinski definition) is 3. The number of hydrogen-bond donors (Lipinski definition) is 1. The van der Waals surface area contributed by atoms with Crippen molar-refractivity contribution >= 4 is 0 Å². The summed E-state index contributed by atoms with van der Waals surface area (Å²) in [6, 6.07) is 12.7. The largest absolute Gasteiger partial charge is 0.295 e. The number of nitriles is 1. The molecule has 1 aromatic carbocycles. The molecule has 0 saturated carbocycles. The standard InChI is InChI=1S/C17H25N3/c1-4-19-17(13-18,15-9-6-5-7-10-15)14-20-12-8-11-16(20,2)3/h5-7,9-10,19H,4,8,11-12,14H2,1-3H3. The Labute approximate surface area is 122 Å². The summed E-state index contributed by atoms with van der Waals surface area (Å²) < 4.78 is 0. The van der Waals surface area contributed by atoms with Gasteiger partial charge in [0.2, 0.25) is 0 Å². The van der Waals surface area contributed by atoms with E-state index in [4.69, 9.17) is 0 Å². The zero-order chi connectivity index (χ0) is 14.6. The molecular weight excluding hydrogens is 246 g/mol. The summed E-state index contributed by atoms with van der Waals surface area (Å²) in [5.41, 5.74) is 0.635. The van der Waals surface area contributed by atoms with Gasteiger partial charge in [0, 0.05) is 12.1 Å². The third kappa shape index (κ3) is 2.87. The Balaban J connectivity index is 2.31. The lowest BCUT2D eigenvalue weighted by Crippen LogP contribution is -2.53. The van der Waals surface area contributed by atoms with Crippen molar-refractivity contribution in [1.82, 2.24) is 10.2 Å². The van der Waals surface area contributed by atoms with Crippen LogP contribution >= 0.6 is 0 Å². The lowest BCUT2D eigenvalue weighted by Gasteiger charge is -2.39. The number of nitrogens with one attached hydrogen (secondary N) is 1. The second-order valence-corrected chi connectivity index (χ2v) is 6.25. The third-order valence-electron chi connectivity index (χ3n) is 4.44. The van der Waals surface area contributed by atoms with E-state index >= 15 is 0 Å². The van der Waals surface area contributed by atoms with Gasteiger partial charge in [-0.15, -0.1) is 0 Å². The normalized spacial score (nSPS) is 21.3. The molecule has 1 N–H and O–H groups in total. The maximum Gasteiger partial charge on any atom is 0.145 e. The van der Waals surface area contributed by atoms with Crippen molar-refractivity contribution in [2.75, 3.05) is 19.6 Å². The molecular formula is C17H25N3. The molecule has 1 aliphatic rings. The highest BCUT2D eigenvalue weighted by molar-refractivity contribution is 5.32. The second kappa shape index (κ2) is 5.95. The van der Waals surface area contributed by atoms with Crippen LogP contribution in [0.1, 0.15) is 39.2 Å². The van der Waals surface area contributed by atoms with Gasteiger partial charge >= 0.3 is 0 Å². The lowest BCUT2D eigenvalue weighted by atomic mass is 9.89. The Morgan fingerprint density at radius 3 is 2.55 bits per heavy atom. The first kappa shape index (κ1) is 15.0. The quantitative estimate of drug-likeness (QED) is 0.895. The van der Waals surface area contributed by atoms with Gasteiger partial charge in [0.15, 0.2) is 0 Å². The molecule has 0 aliphatic carbocycles. The molecule has 0 radical (unpaired) electrons. The van der Waals surface area contributed by atoms with E-state index in [1.165, 1.54) is 12.8 Å². The molecule has 0 spiro atoms. The number of likely N-dealkylation sites (N-methyl/N-ethyl adjacent to an activating group) is 1. The first-order chi connectivity index (χ1) is 9.54. The Bertz CT molecular complexity index is 475. The Morgan fingerprint density at radius 1 is 1.35 bits per heavy atom. The van der Waals surface area contributed by atoms with Crippen molar-refractivity contribution in [3.8, 4) is 6.07 Å². The van der Waals surface area contributed by atoms with Gasteiger partial charge in [0.25, 0.3) is 0 Å². The van der Waals surface area contributed by atoms with Crippen LogP contribution in [0.15, 0.2) is 30.3 Å². The van der Waals surface area contributed by atoms with E-state index in [-0.39, 0.29) is 5.54 Å². The van der Waals surface area contributed by atoms with E-state index in [1.54, 1.807) is 0 Å². The molecule has 1 unspecified atom stereocenters. The van der Waals surface area contributed by atoms with Gasteiger partial charge in [-0.2, -0.15) is 5.26 Å². The minimum Gasteiger partial charge on any atom is -0.295 e. The molecule has 1 aromatic rings. The fourth-order valence-corrected chi connectivity index (χ4v) is 3.16. The molecule has 3 heteroatoms. The highest BCUT2D eigenvalue weighted by atomic mass is 15.2. The summed E-state index contributed by atoms with van der Waals surface area (Å²) in [5, 5.41) is 13.3. The predicted octanol–water partition coefficient (Wildman–Crippen LogP) is 2.89. The maximum absolute atomic E-state index is 9.85. The highest BCUT2D eigenvalue weighted by Crippen LogP contribution is 2.32. The fourth-order valence-electron chi connectivity index (χ4n) is 3.16. The Kier molecular flexibility index (Phi) is 4.47. The van der Waals surface area contributed by atoms with Gasteiger partial charge in [-0.25, -0.2) is 0 Å². The SMILES string of the molecule is CCNC(C#N)(CN1CCCC1(C)C)c1ccccc1. The van der Waals surface area contributed by atoms with Crippen LogP contribution in [0.2, 0.25) is 0 Å². The van der Waals surface area contributed by atoms with Gasteiger partial charge in [-0.3, -0.25) is 10.2 Å². The topological polar surface area (TPSA) is 39.1 Å². The number of nitrogens with zero attached hydrogens (tertiary/aromatic N) is 2. The highest BCUT2D eigenvalue weighted by Gasteiger charge is 2.40. The van der Waals surface area contributed by atoms with Gasteiger partial charge in [-0.1, -0.05) is 37.3 Å². The zero-order valence-corrected chi connectivity index (χ0v) is 12.8. The minimum atomic E-state index is -0.613. The van der Waals surface area contributed by atoms with E-state index in [0.717, 1.165) is 25.2 Å². The number of rotatable bonds is 5. The van der Waals surface area contributed by atoms with E-state index < -0.39 is 5.54 Å². The number of likely N-dealkylation sites (tertiary alicyclic amines) is 1. The Morgan fingerprint density at radius 2 is 2.05 bits per heavy atom. The minimum absolute atomic E-state index is 0.187. The van der Waals surface area contributed by atoms with Gasteiger partial charge in [0.1, 0.15) is 5.54 Å². The monoisotopic (exact) mass is 271 g/mol. The summed E-state index contributed by atoms with van der Waals surface area (Å²) >= 11 is 0. The molecule has 1 aliphatic heterocycles. The molecule has 20 heavy (non-hydrogen) atoms. The average Bonchev–Trinajstić information content (AvgIpc) is 2.78. The molecule has 1 saturated heterocycles. The summed E-state index contributed by atoms with van der Waals surface area (Å²) in [4.78, 5) is 2.45. The van der Waals surface area contributed by atoms with Crippen molar-refractivity contribution in [2.45, 2.75) is 44.7 Å². The lowest BCUT2D eigenvalue weighted by molar-refractivity contribution is 0.137. The first-order valence-corrected chi connectivity index (χ1v) is 7.51. The molecule has 1 atom stereocenters. The molecule has 2 rings (SSSR count). The predicted molar refractivity (Wildman–Crippen MR) is 82.3 cm³/mol. The molecule has 0 aromatic heterocycles. The van der Waals surface area contributed by atoms with Crippen molar-refractivity contribution in [3.05, 3.63) is 35.9 Å². The molecule has 1 fully saturated rings. The zero-order valence-electron chi connectivity index (χ0n) is 12.8. The molecule has 0 bridgehead atoms. The van der Waals surface area contributed by atoms with Crippen LogP contribution in [-0.4, -0.2) is 30.1 Å². The second-order valence-electron chi connectivity index (χ2n) is 6.25. The summed E-state index contributed by atoms with van der Waals surface area (Å²) in [5.74, 6) is 0. The average molecular weight is 271 g/mol. The maximum atomic E-state index is 9.85. The molecule has 108 valence electrons. The van der Waals surface area contributed by atoms with Gasteiger partial charge in [-0.05, 0) is 45.3 Å². The summed E-state index contributed by atoms with van der Waals surface area (Å²) in [6.45, 7) is 9.22.